The van der Waals surface area contributed by atoms with Crippen molar-refractivity contribution in [1.82, 2.24) is 10.3 Å². The first-order valence-electron chi connectivity index (χ1n) is 10.1. The van der Waals surface area contributed by atoms with E-state index in [1.165, 1.54) is 44.2 Å². The van der Waals surface area contributed by atoms with Gasteiger partial charge in [-0.1, -0.05) is 43.5 Å². The van der Waals surface area contributed by atoms with Crippen molar-refractivity contribution in [2.24, 2.45) is 5.92 Å². The molecule has 5 heteroatoms. The fourth-order valence-electron chi connectivity index (χ4n) is 3.99. The summed E-state index contributed by atoms with van der Waals surface area (Å²) in [4.78, 5) is 17.2. The van der Waals surface area contributed by atoms with Crippen LogP contribution in [-0.2, 0) is 4.79 Å². The molecule has 1 N–H and O–H groups in total. The molecule has 1 aliphatic carbocycles. The highest BCUT2D eigenvalue weighted by Gasteiger charge is 2.24. The van der Waals surface area contributed by atoms with Crippen LogP contribution in [0.5, 0.6) is 0 Å². The number of halogens is 1. The summed E-state index contributed by atoms with van der Waals surface area (Å²) in [7, 11) is 0. The Hall–Kier alpha value is -2.69. The lowest BCUT2D eigenvalue weighted by atomic mass is 9.89. The van der Waals surface area contributed by atoms with Crippen LogP contribution in [0.25, 0.3) is 11.1 Å². The van der Waals surface area contributed by atoms with Gasteiger partial charge in [0.1, 0.15) is 11.3 Å². The molecule has 0 saturated heterocycles. The van der Waals surface area contributed by atoms with Gasteiger partial charge in [-0.15, -0.1) is 0 Å². The van der Waals surface area contributed by atoms with E-state index < -0.39 is 0 Å². The minimum Gasteiger partial charge on any atom is -0.440 e. The Kier molecular flexibility index (Phi) is 5.70. The Balaban J connectivity index is 1.52. The van der Waals surface area contributed by atoms with Gasteiger partial charge in [-0.05, 0) is 48.6 Å². The molecule has 0 bridgehead atoms. The Morgan fingerprint density at radius 1 is 1.11 bits per heavy atom. The van der Waals surface area contributed by atoms with Crippen LogP contribution in [0.3, 0.4) is 0 Å². The van der Waals surface area contributed by atoms with Gasteiger partial charge >= 0.3 is 0 Å². The lowest BCUT2D eigenvalue weighted by molar-refractivity contribution is -0.121. The summed E-state index contributed by atoms with van der Waals surface area (Å²) >= 11 is 0. The predicted octanol–water partition coefficient (Wildman–Crippen LogP) is 5.19. The van der Waals surface area contributed by atoms with Gasteiger partial charge in [-0.3, -0.25) is 4.79 Å². The molecule has 28 heavy (non-hydrogen) atoms. The quantitative estimate of drug-likeness (QED) is 0.641. The maximum Gasteiger partial charge on any atom is 0.221 e. The highest BCUT2D eigenvalue weighted by molar-refractivity contribution is 5.78. The van der Waals surface area contributed by atoms with Crippen LogP contribution in [0.1, 0.15) is 55.9 Å². The van der Waals surface area contributed by atoms with Gasteiger partial charge in [0.25, 0.3) is 0 Å². The number of nitrogens with zero attached hydrogens (tertiary/aromatic N) is 1. The number of carbonyl (C=O) groups excluding carboxylic acids is 1. The summed E-state index contributed by atoms with van der Waals surface area (Å²) in [5.74, 6) is 0.384. The number of aromatic nitrogens is 1. The minimum absolute atomic E-state index is 0.0258. The monoisotopic (exact) mass is 380 g/mol. The zero-order valence-corrected chi connectivity index (χ0v) is 15.9. The summed E-state index contributed by atoms with van der Waals surface area (Å²) in [5, 5.41) is 3.09. The van der Waals surface area contributed by atoms with E-state index in [-0.39, 0.29) is 24.1 Å². The lowest BCUT2D eigenvalue weighted by Crippen LogP contribution is -2.31. The van der Waals surface area contributed by atoms with Crippen molar-refractivity contribution in [2.75, 3.05) is 6.54 Å². The number of para-hydroxylation sites is 2. The fourth-order valence-corrected chi connectivity index (χ4v) is 3.99. The number of benzene rings is 2. The first-order valence-corrected chi connectivity index (χ1v) is 10.1. The van der Waals surface area contributed by atoms with Gasteiger partial charge in [0.15, 0.2) is 5.58 Å². The lowest BCUT2D eigenvalue weighted by Gasteiger charge is -2.22. The molecule has 1 amide bonds. The smallest absolute Gasteiger partial charge is 0.221 e. The van der Waals surface area contributed by atoms with Crippen molar-refractivity contribution in [3.05, 3.63) is 65.8 Å². The van der Waals surface area contributed by atoms with Gasteiger partial charge in [0, 0.05) is 13.0 Å². The van der Waals surface area contributed by atoms with E-state index in [1.54, 1.807) is 12.1 Å². The molecular formula is C23H25FN2O2. The van der Waals surface area contributed by atoms with E-state index in [0.717, 1.165) is 17.6 Å². The van der Waals surface area contributed by atoms with Crippen molar-refractivity contribution in [1.29, 1.82) is 0 Å². The Bertz CT molecular complexity index is 896. The second-order valence-electron chi connectivity index (χ2n) is 7.64. The molecule has 0 radical (unpaired) electrons. The van der Waals surface area contributed by atoms with Crippen LogP contribution in [0.2, 0.25) is 0 Å². The number of nitrogens with one attached hydrogen (secondary N) is 1. The van der Waals surface area contributed by atoms with E-state index >= 15 is 0 Å². The Labute approximate surface area is 164 Å². The van der Waals surface area contributed by atoms with Crippen LogP contribution < -0.4 is 5.32 Å². The highest BCUT2D eigenvalue weighted by atomic mass is 19.1. The molecule has 3 aromatic rings. The van der Waals surface area contributed by atoms with E-state index in [2.05, 4.69) is 10.3 Å². The number of fused-ring (bicyclic) bond motifs is 1. The molecule has 1 unspecified atom stereocenters. The highest BCUT2D eigenvalue weighted by Crippen LogP contribution is 2.30. The molecule has 4 rings (SSSR count). The maximum atomic E-state index is 13.4. The van der Waals surface area contributed by atoms with E-state index in [0.29, 0.717) is 17.4 Å². The summed E-state index contributed by atoms with van der Waals surface area (Å²) < 4.78 is 19.3. The van der Waals surface area contributed by atoms with Crippen molar-refractivity contribution < 1.29 is 13.6 Å². The zero-order valence-electron chi connectivity index (χ0n) is 15.9. The number of carbonyl (C=O) groups is 1. The number of hydrogen-bond donors (Lipinski definition) is 1. The molecule has 146 valence electrons. The molecule has 1 atom stereocenters. The fraction of sp³-hybridized carbons (Fsp3) is 0.391. The van der Waals surface area contributed by atoms with Gasteiger partial charge in [-0.2, -0.15) is 0 Å². The third-order valence-electron chi connectivity index (χ3n) is 5.58. The minimum atomic E-state index is -0.348. The van der Waals surface area contributed by atoms with Crippen LogP contribution in [-0.4, -0.2) is 17.4 Å². The third kappa shape index (κ3) is 4.41. The summed E-state index contributed by atoms with van der Waals surface area (Å²) in [5.41, 5.74) is 2.26. The molecular weight excluding hydrogens is 355 g/mol. The Morgan fingerprint density at radius 3 is 2.61 bits per heavy atom. The average Bonchev–Trinajstić information content (AvgIpc) is 3.16. The van der Waals surface area contributed by atoms with Crippen LogP contribution in [0, 0.1) is 11.7 Å². The molecule has 1 saturated carbocycles. The van der Waals surface area contributed by atoms with Gasteiger partial charge in [-0.25, -0.2) is 9.37 Å². The SMILES string of the molecule is O=C(CC(c1ccc(F)cc1)c1nc2ccccc2o1)NCC1CCCCC1. The molecule has 4 nitrogen and oxygen atoms in total. The standard InChI is InChI=1S/C23H25FN2O2/c24-18-12-10-17(11-13-18)19(23-26-20-8-4-5-9-21(20)28-23)14-22(27)25-15-16-6-2-1-3-7-16/h4-5,8-13,16,19H,1-3,6-7,14-15H2,(H,25,27). The number of hydrogen-bond acceptors (Lipinski definition) is 3. The van der Waals surface area contributed by atoms with Gasteiger partial charge in [0.05, 0.1) is 5.92 Å². The molecule has 0 spiro atoms. The van der Waals surface area contributed by atoms with Crippen molar-refractivity contribution in [3.8, 4) is 0 Å². The molecule has 1 aromatic heterocycles. The van der Waals surface area contributed by atoms with Crippen molar-refractivity contribution in [2.45, 2.75) is 44.4 Å². The van der Waals surface area contributed by atoms with E-state index in [4.69, 9.17) is 4.42 Å². The first-order chi connectivity index (χ1) is 13.7. The molecule has 1 aliphatic rings. The Morgan fingerprint density at radius 2 is 1.86 bits per heavy atom. The zero-order chi connectivity index (χ0) is 19.3. The second kappa shape index (κ2) is 8.55. The van der Waals surface area contributed by atoms with Crippen LogP contribution in [0.4, 0.5) is 4.39 Å². The average molecular weight is 380 g/mol. The van der Waals surface area contributed by atoms with Crippen molar-refractivity contribution in [3.63, 3.8) is 0 Å². The van der Waals surface area contributed by atoms with Crippen LogP contribution in [0.15, 0.2) is 52.9 Å². The van der Waals surface area contributed by atoms with Gasteiger partial charge < -0.3 is 9.73 Å². The van der Waals surface area contributed by atoms with E-state index in [9.17, 15) is 9.18 Å². The largest absolute Gasteiger partial charge is 0.440 e. The first kappa shape index (κ1) is 18.7. The van der Waals surface area contributed by atoms with E-state index in [1.807, 2.05) is 24.3 Å². The van der Waals surface area contributed by atoms with Crippen LogP contribution >= 0.6 is 0 Å². The molecule has 1 heterocycles. The van der Waals surface area contributed by atoms with Gasteiger partial charge in [0.2, 0.25) is 11.8 Å². The summed E-state index contributed by atoms with van der Waals surface area (Å²) in [6, 6.07) is 13.7. The number of rotatable bonds is 6. The summed E-state index contributed by atoms with van der Waals surface area (Å²) in [6.07, 6.45) is 6.41. The predicted molar refractivity (Wildman–Crippen MR) is 106 cm³/mol. The number of oxazole rings is 1. The molecule has 2 aromatic carbocycles. The molecule has 0 aliphatic heterocycles. The normalized spacial score (nSPS) is 16.2. The van der Waals surface area contributed by atoms with Crippen molar-refractivity contribution >= 4 is 17.0 Å². The topological polar surface area (TPSA) is 55.1 Å². The summed E-state index contributed by atoms with van der Waals surface area (Å²) in [6.45, 7) is 0.725. The molecule has 1 fully saturated rings. The third-order valence-corrected chi connectivity index (χ3v) is 5.58. The number of amides is 1. The maximum absolute atomic E-state index is 13.4. The second-order valence-corrected chi connectivity index (χ2v) is 7.64.